The SMILES string of the molecule is OC(Cc1ccc(Cl)cc1Cl)C1=CCCO1. The summed E-state index contributed by atoms with van der Waals surface area (Å²) in [5.74, 6) is 0.644. The number of ether oxygens (including phenoxy) is 1. The highest BCUT2D eigenvalue weighted by atomic mass is 35.5. The van der Waals surface area contributed by atoms with E-state index in [1.807, 2.05) is 12.1 Å². The monoisotopic (exact) mass is 258 g/mol. The third kappa shape index (κ3) is 2.70. The molecule has 0 fully saturated rings. The van der Waals surface area contributed by atoms with Crippen LogP contribution in [0.25, 0.3) is 0 Å². The number of aliphatic hydroxyl groups is 1. The van der Waals surface area contributed by atoms with Crippen molar-refractivity contribution >= 4 is 23.2 Å². The molecular formula is C12H12Cl2O2. The van der Waals surface area contributed by atoms with Gasteiger partial charge in [-0.15, -0.1) is 0 Å². The van der Waals surface area contributed by atoms with E-state index >= 15 is 0 Å². The summed E-state index contributed by atoms with van der Waals surface area (Å²) in [6.45, 7) is 0.654. The Labute approximate surface area is 104 Å². The van der Waals surface area contributed by atoms with Crippen molar-refractivity contribution in [1.29, 1.82) is 0 Å². The van der Waals surface area contributed by atoms with Crippen molar-refractivity contribution in [3.05, 3.63) is 45.6 Å². The minimum absolute atomic E-state index is 0.446. The standard InChI is InChI=1S/C12H12Cl2O2/c13-9-4-3-8(10(14)7-9)6-11(15)12-2-1-5-16-12/h2-4,7,11,15H,1,5-6H2. The van der Waals surface area contributed by atoms with E-state index in [4.69, 9.17) is 27.9 Å². The van der Waals surface area contributed by atoms with Crippen LogP contribution < -0.4 is 0 Å². The van der Waals surface area contributed by atoms with Crippen LogP contribution in [-0.4, -0.2) is 17.8 Å². The summed E-state index contributed by atoms with van der Waals surface area (Å²) >= 11 is 11.8. The molecule has 0 amide bonds. The molecule has 0 aromatic heterocycles. The second kappa shape index (κ2) is 5.09. The largest absolute Gasteiger partial charge is 0.495 e. The molecule has 2 nitrogen and oxygen atoms in total. The quantitative estimate of drug-likeness (QED) is 0.903. The van der Waals surface area contributed by atoms with E-state index < -0.39 is 6.10 Å². The molecular weight excluding hydrogens is 247 g/mol. The van der Waals surface area contributed by atoms with Gasteiger partial charge in [-0.2, -0.15) is 0 Å². The molecule has 0 radical (unpaired) electrons. The summed E-state index contributed by atoms with van der Waals surface area (Å²) in [5.41, 5.74) is 0.870. The molecule has 1 aliphatic heterocycles. The maximum absolute atomic E-state index is 9.91. The van der Waals surface area contributed by atoms with Crippen LogP contribution in [0.1, 0.15) is 12.0 Å². The normalized spacial score (nSPS) is 16.8. The van der Waals surface area contributed by atoms with E-state index in [9.17, 15) is 5.11 Å². The average molecular weight is 259 g/mol. The van der Waals surface area contributed by atoms with Gasteiger partial charge in [0.2, 0.25) is 0 Å². The van der Waals surface area contributed by atoms with Gasteiger partial charge in [0.25, 0.3) is 0 Å². The highest BCUT2D eigenvalue weighted by Crippen LogP contribution is 2.24. The molecule has 1 aliphatic rings. The van der Waals surface area contributed by atoms with Crippen LogP contribution in [-0.2, 0) is 11.2 Å². The molecule has 86 valence electrons. The predicted octanol–water partition coefficient (Wildman–Crippen LogP) is 3.20. The summed E-state index contributed by atoms with van der Waals surface area (Å²) in [5, 5.41) is 11.1. The molecule has 2 rings (SSSR count). The third-order valence-corrected chi connectivity index (χ3v) is 3.08. The zero-order chi connectivity index (χ0) is 11.5. The molecule has 0 spiro atoms. The van der Waals surface area contributed by atoms with Crippen molar-refractivity contribution < 1.29 is 9.84 Å². The Bertz CT molecular complexity index is 415. The minimum Gasteiger partial charge on any atom is -0.495 e. The summed E-state index contributed by atoms with van der Waals surface area (Å²) < 4.78 is 5.29. The van der Waals surface area contributed by atoms with E-state index in [0.29, 0.717) is 28.8 Å². The second-order valence-electron chi connectivity index (χ2n) is 3.70. The van der Waals surface area contributed by atoms with Crippen LogP contribution >= 0.6 is 23.2 Å². The zero-order valence-electron chi connectivity index (χ0n) is 8.62. The van der Waals surface area contributed by atoms with Crippen molar-refractivity contribution in [3.8, 4) is 0 Å². The van der Waals surface area contributed by atoms with Crippen LogP contribution in [0.3, 0.4) is 0 Å². The van der Waals surface area contributed by atoms with Crippen LogP contribution in [0.15, 0.2) is 30.0 Å². The predicted molar refractivity (Wildman–Crippen MR) is 64.8 cm³/mol. The van der Waals surface area contributed by atoms with Crippen LogP contribution in [0.4, 0.5) is 0 Å². The fourth-order valence-electron chi connectivity index (χ4n) is 1.67. The molecule has 1 heterocycles. The first-order valence-corrected chi connectivity index (χ1v) is 5.87. The van der Waals surface area contributed by atoms with E-state index in [1.165, 1.54) is 0 Å². The van der Waals surface area contributed by atoms with Gasteiger partial charge in [0.1, 0.15) is 11.9 Å². The highest BCUT2D eigenvalue weighted by molar-refractivity contribution is 6.35. The second-order valence-corrected chi connectivity index (χ2v) is 4.54. The van der Waals surface area contributed by atoms with Crippen molar-refractivity contribution in [2.75, 3.05) is 6.61 Å². The fraction of sp³-hybridized carbons (Fsp3) is 0.333. The van der Waals surface area contributed by atoms with Crippen molar-refractivity contribution in [1.82, 2.24) is 0 Å². The zero-order valence-corrected chi connectivity index (χ0v) is 10.1. The maximum Gasteiger partial charge on any atom is 0.121 e. The van der Waals surface area contributed by atoms with E-state index in [2.05, 4.69) is 0 Å². The van der Waals surface area contributed by atoms with Gasteiger partial charge in [0.15, 0.2) is 0 Å². The number of hydrogen-bond donors (Lipinski definition) is 1. The summed E-state index contributed by atoms with van der Waals surface area (Å²) in [4.78, 5) is 0. The van der Waals surface area contributed by atoms with Gasteiger partial charge < -0.3 is 9.84 Å². The number of hydrogen-bond acceptors (Lipinski definition) is 2. The Morgan fingerprint density at radius 2 is 2.19 bits per heavy atom. The Balaban J connectivity index is 2.08. The highest BCUT2D eigenvalue weighted by Gasteiger charge is 2.17. The molecule has 1 N–H and O–H groups in total. The first-order valence-electron chi connectivity index (χ1n) is 5.11. The molecule has 0 saturated carbocycles. The van der Waals surface area contributed by atoms with E-state index in [0.717, 1.165) is 12.0 Å². The smallest absolute Gasteiger partial charge is 0.121 e. The van der Waals surface area contributed by atoms with Gasteiger partial charge in [0, 0.05) is 22.9 Å². The number of rotatable bonds is 3. The van der Waals surface area contributed by atoms with E-state index in [-0.39, 0.29) is 0 Å². The summed E-state index contributed by atoms with van der Waals surface area (Å²) in [6.07, 6.45) is 2.60. The Hall–Kier alpha value is -0.700. The average Bonchev–Trinajstić information content (AvgIpc) is 2.75. The molecule has 16 heavy (non-hydrogen) atoms. The van der Waals surface area contributed by atoms with Crippen LogP contribution in [0, 0.1) is 0 Å². The lowest BCUT2D eigenvalue weighted by atomic mass is 10.1. The summed E-state index contributed by atoms with van der Waals surface area (Å²) in [6, 6.07) is 5.26. The number of aliphatic hydroxyl groups excluding tert-OH is 1. The van der Waals surface area contributed by atoms with Gasteiger partial charge in [0.05, 0.1) is 6.61 Å². The molecule has 0 bridgehead atoms. The number of halogens is 2. The number of benzene rings is 1. The Morgan fingerprint density at radius 3 is 2.81 bits per heavy atom. The molecule has 1 atom stereocenters. The van der Waals surface area contributed by atoms with Gasteiger partial charge in [-0.05, 0) is 23.8 Å². The molecule has 1 unspecified atom stereocenters. The maximum atomic E-state index is 9.91. The topological polar surface area (TPSA) is 29.5 Å². The van der Waals surface area contributed by atoms with Crippen molar-refractivity contribution in [2.24, 2.45) is 0 Å². The lowest BCUT2D eigenvalue weighted by molar-refractivity contribution is 0.118. The first kappa shape index (κ1) is 11.8. The molecule has 1 aromatic carbocycles. The molecule has 1 aromatic rings. The minimum atomic E-state index is -0.624. The van der Waals surface area contributed by atoms with Gasteiger partial charge in [-0.25, -0.2) is 0 Å². The first-order chi connectivity index (χ1) is 7.66. The van der Waals surface area contributed by atoms with Gasteiger partial charge in [-0.3, -0.25) is 0 Å². The Kier molecular flexibility index (Phi) is 3.74. The van der Waals surface area contributed by atoms with E-state index in [1.54, 1.807) is 12.1 Å². The van der Waals surface area contributed by atoms with Gasteiger partial charge in [-0.1, -0.05) is 29.3 Å². The Morgan fingerprint density at radius 1 is 1.38 bits per heavy atom. The van der Waals surface area contributed by atoms with Crippen molar-refractivity contribution in [2.45, 2.75) is 18.9 Å². The molecule has 4 heteroatoms. The van der Waals surface area contributed by atoms with Gasteiger partial charge >= 0.3 is 0 Å². The summed E-state index contributed by atoms with van der Waals surface area (Å²) in [7, 11) is 0. The lowest BCUT2D eigenvalue weighted by Gasteiger charge is -2.13. The fourth-order valence-corrected chi connectivity index (χ4v) is 2.15. The lowest BCUT2D eigenvalue weighted by Crippen LogP contribution is -2.14. The van der Waals surface area contributed by atoms with Crippen LogP contribution in [0.5, 0.6) is 0 Å². The third-order valence-electron chi connectivity index (χ3n) is 2.49. The molecule has 0 saturated heterocycles. The molecule has 0 aliphatic carbocycles. The van der Waals surface area contributed by atoms with Crippen molar-refractivity contribution in [3.63, 3.8) is 0 Å². The van der Waals surface area contributed by atoms with Crippen LogP contribution in [0.2, 0.25) is 10.0 Å².